The molecule has 0 fully saturated rings. The molecule has 0 saturated heterocycles. The number of halogens is 1. The van der Waals surface area contributed by atoms with Crippen molar-refractivity contribution < 1.29 is 27.1 Å². The van der Waals surface area contributed by atoms with Crippen molar-refractivity contribution in [3.8, 4) is 11.5 Å². The quantitative estimate of drug-likeness (QED) is 0.573. The highest BCUT2D eigenvalue weighted by Crippen LogP contribution is 2.28. The first kappa shape index (κ1) is 22.1. The highest BCUT2D eigenvalue weighted by Gasteiger charge is 2.29. The van der Waals surface area contributed by atoms with E-state index in [-0.39, 0.29) is 10.6 Å². The Bertz CT molecular complexity index is 1170. The first-order valence-electron chi connectivity index (χ1n) is 9.21. The van der Waals surface area contributed by atoms with Crippen molar-refractivity contribution >= 4 is 27.3 Å². The third-order valence-corrected chi connectivity index (χ3v) is 6.21. The van der Waals surface area contributed by atoms with Crippen molar-refractivity contribution in [3.63, 3.8) is 0 Å². The molecule has 7 nitrogen and oxygen atoms in total. The molecule has 3 rings (SSSR count). The van der Waals surface area contributed by atoms with Crippen molar-refractivity contribution in [2.75, 3.05) is 30.4 Å². The molecule has 0 aliphatic rings. The zero-order valence-corrected chi connectivity index (χ0v) is 17.7. The van der Waals surface area contributed by atoms with E-state index in [0.717, 1.165) is 10.4 Å². The highest BCUT2D eigenvalue weighted by atomic mass is 32.2. The Balaban J connectivity index is 1.97. The van der Waals surface area contributed by atoms with Gasteiger partial charge in [0.05, 0.1) is 30.5 Å². The summed E-state index contributed by atoms with van der Waals surface area (Å²) in [5.41, 5.74) is 0.124. The number of nitrogens with zero attached hydrogens (tertiary/aromatic N) is 1. The molecular weight excluding hydrogens is 423 g/mol. The van der Waals surface area contributed by atoms with Crippen LogP contribution in [0.3, 0.4) is 0 Å². The monoisotopic (exact) mass is 444 g/mol. The van der Waals surface area contributed by atoms with Gasteiger partial charge in [0.1, 0.15) is 23.9 Å². The Morgan fingerprint density at radius 1 is 0.935 bits per heavy atom. The van der Waals surface area contributed by atoms with Crippen molar-refractivity contribution in [1.82, 2.24) is 0 Å². The summed E-state index contributed by atoms with van der Waals surface area (Å²) in [5, 5.41) is 2.61. The third kappa shape index (κ3) is 4.95. The van der Waals surface area contributed by atoms with Gasteiger partial charge in [-0.2, -0.15) is 0 Å². The molecule has 31 heavy (non-hydrogen) atoms. The Hall–Kier alpha value is -3.59. The molecule has 0 aromatic heterocycles. The summed E-state index contributed by atoms with van der Waals surface area (Å²) >= 11 is 0. The van der Waals surface area contributed by atoms with E-state index in [9.17, 15) is 17.6 Å². The van der Waals surface area contributed by atoms with Gasteiger partial charge in [0.2, 0.25) is 5.91 Å². The lowest BCUT2D eigenvalue weighted by molar-refractivity contribution is -0.114. The van der Waals surface area contributed by atoms with E-state index in [2.05, 4.69) is 5.32 Å². The van der Waals surface area contributed by atoms with Crippen molar-refractivity contribution in [1.29, 1.82) is 0 Å². The minimum Gasteiger partial charge on any atom is -0.497 e. The summed E-state index contributed by atoms with van der Waals surface area (Å²) in [6.45, 7) is -0.645. The van der Waals surface area contributed by atoms with Crippen LogP contribution < -0.4 is 19.1 Å². The number of sulfonamides is 1. The molecule has 0 bridgehead atoms. The first-order chi connectivity index (χ1) is 14.9. The molecule has 0 aliphatic heterocycles. The summed E-state index contributed by atoms with van der Waals surface area (Å²) in [7, 11) is -1.35. The molecule has 0 heterocycles. The van der Waals surface area contributed by atoms with Crippen LogP contribution in [0.2, 0.25) is 0 Å². The predicted octanol–water partition coefficient (Wildman–Crippen LogP) is 3.68. The number of ether oxygens (including phenoxy) is 2. The van der Waals surface area contributed by atoms with Gasteiger partial charge in [0.15, 0.2) is 0 Å². The molecule has 0 unspecified atom stereocenters. The molecule has 0 spiro atoms. The summed E-state index contributed by atoms with van der Waals surface area (Å²) in [6.07, 6.45) is 0. The van der Waals surface area contributed by atoms with Gasteiger partial charge in [-0.05, 0) is 48.5 Å². The van der Waals surface area contributed by atoms with E-state index >= 15 is 0 Å². The summed E-state index contributed by atoms with van der Waals surface area (Å²) in [5.74, 6) is -0.564. The number of para-hydroxylation sites is 3. The lowest BCUT2D eigenvalue weighted by atomic mass is 10.3. The SMILES string of the molecule is COc1ccc(S(=O)(=O)N(CC(=O)Nc2ccccc2OC)c2ccccc2F)cc1. The first-order valence-corrected chi connectivity index (χ1v) is 10.6. The zero-order chi connectivity index (χ0) is 22.4. The minimum atomic E-state index is -4.26. The lowest BCUT2D eigenvalue weighted by Gasteiger charge is -2.24. The molecule has 0 saturated carbocycles. The fourth-order valence-corrected chi connectivity index (χ4v) is 4.33. The second-order valence-electron chi connectivity index (χ2n) is 6.39. The van der Waals surface area contributed by atoms with Crippen LogP contribution >= 0.6 is 0 Å². The maximum Gasteiger partial charge on any atom is 0.264 e. The van der Waals surface area contributed by atoms with Crippen LogP contribution in [0.4, 0.5) is 15.8 Å². The number of hydrogen-bond donors (Lipinski definition) is 1. The average molecular weight is 444 g/mol. The molecule has 1 N–H and O–H groups in total. The number of methoxy groups -OCH3 is 2. The molecular formula is C22H21FN2O5S. The van der Waals surface area contributed by atoms with Gasteiger partial charge in [0, 0.05) is 0 Å². The van der Waals surface area contributed by atoms with Gasteiger partial charge in [-0.1, -0.05) is 24.3 Å². The van der Waals surface area contributed by atoms with E-state index in [1.807, 2.05) is 0 Å². The largest absolute Gasteiger partial charge is 0.497 e. The van der Waals surface area contributed by atoms with Crippen LogP contribution in [-0.2, 0) is 14.8 Å². The number of nitrogens with one attached hydrogen (secondary N) is 1. The topological polar surface area (TPSA) is 84.9 Å². The minimum absolute atomic E-state index is 0.110. The molecule has 3 aromatic rings. The van der Waals surface area contributed by atoms with Crippen LogP contribution in [-0.4, -0.2) is 35.1 Å². The number of rotatable bonds is 8. The van der Waals surface area contributed by atoms with Gasteiger partial charge in [-0.3, -0.25) is 9.10 Å². The molecule has 0 aliphatic carbocycles. The molecule has 0 radical (unpaired) electrons. The van der Waals surface area contributed by atoms with Gasteiger partial charge >= 0.3 is 0 Å². The summed E-state index contributed by atoms with van der Waals surface area (Å²) in [6, 6.07) is 17.7. The van der Waals surface area contributed by atoms with Crippen molar-refractivity contribution in [2.45, 2.75) is 4.90 Å². The molecule has 162 valence electrons. The predicted molar refractivity (Wildman–Crippen MR) is 116 cm³/mol. The van der Waals surface area contributed by atoms with E-state index in [1.54, 1.807) is 24.3 Å². The normalized spacial score (nSPS) is 10.9. The van der Waals surface area contributed by atoms with Crippen LogP contribution in [0, 0.1) is 5.82 Å². The molecule has 1 amide bonds. The molecule has 0 atom stereocenters. The second-order valence-corrected chi connectivity index (χ2v) is 8.25. The van der Waals surface area contributed by atoms with Gasteiger partial charge in [-0.25, -0.2) is 12.8 Å². The van der Waals surface area contributed by atoms with E-state index in [0.29, 0.717) is 17.2 Å². The maximum absolute atomic E-state index is 14.5. The zero-order valence-electron chi connectivity index (χ0n) is 16.9. The van der Waals surface area contributed by atoms with Crippen molar-refractivity contribution in [2.24, 2.45) is 0 Å². The lowest BCUT2D eigenvalue weighted by Crippen LogP contribution is -2.38. The Kier molecular flexibility index (Phi) is 6.76. The van der Waals surface area contributed by atoms with E-state index < -0.39 is 28.3 Å². The van der Waals surface area contributed by atoms with E-state index in [1.165, 1.54) is 56.7 Å². The number of carbonyl (C=O) groups is 1. The van der Waals surface area contributed by atoms with E-state index in [4.69, 9.17) is 9.47 Å². The van der Waals surface area contributed by atoms with Gasteiger partial charge in [0.25, 0.3) is 10.0 Å². The summed E-state index contributed by atoms with van der Waals surface area (Å²) < 4.78 is 52.1. The van der Waals surface area contributed by atoms with Crippen LogP contribution in [0.5, 0.6) is 11.5 Å². The number of carbonyl (C=O) groups excluding carboxylic acids is 1. The number of hydrogen-bond acceptors (Lipinski definition) is 5. The maximum atomic E-state index is 14.5. The van der Waals surface area contributed by atoms with Crippen LogP contribution in [0.1, 0.15) is 0 Å². The fraction of sp³-hybridized carbons (Fsp3) is 0.136. The Morgan fingerprint density at radius 2 is 1.58 bits per heavy atom. The second kappa shape index (κ2) is 9.48. The van der Waals surface area contributed by atoms with Gasteiger partial charge in [-0.15, -0.1) is 0 Å². The average Bonchev–Trinajstić information content (AvgIpc) is 2.78. The molecule has 9 heteroatoms. The number of amides is 1. The Morgan fingerprint density at radius 3 is 2.23 bits per heavy atom. The fourth-order valence-electron chi connectivity index (χ4n) is 2.90. The number of benzene rings is 3. The Labute approximate surface area is 180 Å². The van der Waals surface area contributed by atoms with Crippen LogP contribution in [0.25, 0.3) is 0 Å². The highest BCUT2D eigenvalue weighted by molar-refractivity contribution is 7.92. The number of anilines is 2. The molecule has 3 aromatic carbocycles. The van der Waals surface area contributed by atoms with Crippen LogP contribution in [0.15, 0.2) is 77.7 Å². The van der Waals surface area contributed by atoms with Gasteiger partial charge < -0.3 is 14.8 Å². The standard InChI is InChI=1S/C22H21FN2O5S/c1-29-16-11-13-17(14-12-16)31(27,28)25(20-9-5-3-7-18(20)23)15-22(26)24-19-8-4-6-10-21(19)30-2/h3-14H,15H2,1-2H3,(H,24,26). The summed E-state index contributed by atoms with van der Waals surface area (Å²) in [4.78, 5) is 12.6. The van der Waals surface area contributed by atoms with Crippen molar-refractivity contribution in [3.05, 3.63) is 78.6 Å². The third-order valence-electron chi connectivity index (χ3n) is 4.44. The smallest absolute Gasteiger partial charge is 0.264 e.